The van der Waals surface area contributed by atoms with Gasteiger partial charge in [0.25, 0.3) is 0 Å². The van der Waals surface area contributed by atoms with Gasteiger partial charge < -0.3 is 19.4 Å². The average Bonchev–Trinajstić information content (AvgIpc) is 3.77. The van der Waals surface area contributed by atoms with Crippen LogP contribution in [-0.2, 0) is 31.9 Å². The molecule has 6 rings (SSSR count). The third-order valence-electron chi connectivity index (χ3n) is 14.4. The molecule has 320 valence electrons. The van der Waals surface area contributed by atoms with Crippen molar-refractivity contribution in [2.45, 2.75) is 167 Å². The molecule has 2 fully saturated rings. The van der Waals surface area contributed by atoms with Crippen LogP contribution < -0.4 is 0 Å². The number of esters is 2. The summed E-state index contributed by atoms with van der Waals surface area (Å²) in [6.45, 7) is 30.3. The highest BCUT2D eigenvalue weighted by Gasteiger charge is 2.35. The Labute approximate surface area is 354 Å². The van der Waals surface area contributed by atoms with E-state index in [9.17, 15) is 9.59 Å². The minimum atomic E-state index is -0.135. The highest BCUT2D eigenvalue weighted by atomic mass is 16.5. The van der Waals surface area contributed by atoms with E-state index in [1.54, 1.807) is 0 Å². The number of nitrogens with one attached hydrogen (secondary N) is 2. The van der Waals surface area contributed by atoms with Gasteiger partial charge in [-0.3, -0.25) is 19.6 Å². The molecule has 2 aromatic rings. The molecule has 0 aromatic carbocycles. The van der Waals surface area contributed by atoms with Crippen LogP contribution in [0.4, 0.5) is 0 Å². The normalized spacial score (nSPS) is 26.5. The number of carbonyl (C=O) groups excluding carboxylic acids is 2. The predicted octanol–water partition coefficient (Wildman–Crippen LogP) is 12.0. The van der Waals surface area contributed by atoms with Crippen LogP contribution in [0.2, 0.25) is 0 Å². The van der Waals surface area contributed by atoms with Crippen LogP contribution in [0.3, 0.4) is 0 Å². The molecule has 59 heavy (non-hydrogen) atoms. The molecule has 8 heteroatoms. The molecule has 2 N–H and O–H groups in total. The van der Waals surface area contributed by atoms with Crippen LogP contribution in [-0.4, -0.2) is 45.5 Å². The summed E-state index contributed by atoms with van der Waals surface area (Å²) in [6, 6.07) is 0. The second-order valence-corrected chi connectivity index (χ2v) is 19.4. The lowest BCUT2D eigenvalue weighted by Gasteiger charge is -2.36. The zero-order chi connectivity index (χ0) is 43.0. The number of aliphatic imine (C=N–C) groups is 2. The van der Waals surface area contributed by atoms with E-state index in [1.165, 1.54) is 24.0 Å². The maximum absolute atomic E-state index is 13.3. The van der Waals surface area contributed by atoms with Crippen molar-refractivity contribution >= 4 is 35.5 Å². The number of aromatic nitrogens is 2. The van der Waals surface area contributed by atoms with Gasteiger partial charge in [0, 0.05) is 40.6 Å². The summed E-state index contributed by atoms with van der Waals surface area (Å²) in [4.78, 5) is 43.9. The fourth-order valence-corrected chi connectivity index (χ4v) is 10.4. The summed E-state index contributed by atoms with van der Waals surface area (Å²) in [6.07, 6.45) is 12.1. The fraction of sp³-hybridized carbons (Fsp3) is 0.608. The van der Waals surface area contributed by atoms with E-state index >= 15 is 0 Å². The summed E-state index contributed by atoms with van der Waals surface area (Å²) < 4.78 is 12.4. The Balaban J connectivity index is 1.15. The largest absolute Gasteiger partial charge is 0.462 e. The number of nitrogens with zero attached hydrogens (tertiary/aromatic N) is 2. The lowest BCUT2D eigenvalue weighted by molar-refractivity contribution is -0.156. The molecule has 2 saturated carbocycles. The third-order valence-corrected chi connectivity index (χ3v) is 14.4. The summed E-state index contributed by atoms with van der Waals surface area (Å²) in [5.41, 5.74) is 16.8. The highest BCUT2D eigenvalue weighted by molar-refractivity contribution is 6.09. The Kier molecular flexibility index (Phi) is 13.7. The van der Waals surface area contributed by atoms with Gasteiger partial charge in [-0.15, -0.1) is 0 Å². The number of aromatic amines is 2. The minimum absolute atomic E-state index is 0.00162. The van der Waals surface area contributed by atoms with Crippen molar-refractivity contribution in [1.29, 1.82) is 0 Å². The molecule has 6 atom stereocenters. The number of ether oxygens (including phenoxy) is 2. The molecule has 0 radical (unpaired) electrons. The van der Waals surface area contributed by atoms with E-state index in [0.29, 0.717) is 35.5 Å². The first-order valence-electron chi connectivity index (χ1n) is 22.5. The summed E-state index contributed by atoms with van der Waals surface area (Å²) >= 11 is 0. The number of allylic oxidation sites excluding steroid dienone is 4. The van der Waals surface area contributed by atoms with Crippen LogP contribution in [0.25, 0.3) is 12.2 Å². The first kappa shape index (κ1) is 44.4. The lowest BCUT2D eigenvalue weighted by Crippen LogP contribution is -2.36. The van der Waals surface area contributed by atoms with E-state index in [1.807, 2.05) is 13.8 Å². The Morgan fingerprint density at radius 3 is 1.36 bits per heavy atom. The minimum Gasteiger partial charge on any atom is -0.462 e. The first-order chi connectivity index (χ1) is 27.8. The van der Waals surface area contributed by atoms with Crippen molar-refractivity contribution in [2.24, 2.45) is 45.5 Å². The molecule has 0 saturated heterocycles. The van der Waals surface area contributed by atoms with Crippen molar-refractivity contribution in [3.8, 4) is 0 Å². The molecule has 0 spiro atoms. The van der Waals surface area contributed by atoms with Gasteiger partial charge in [-0.25, -0.2) is 0 Å². The number of hydrogen-bond acceptors (Lipinski definition) is 6. The lowest BCUT2D eigenvalue weighted by atomic mass is 9.75. The SMILES string of the molecule is CC1=N/C(=C\c2[nH]c(C)c(CC(=O)O[C@@H]3C[C@H](C)CC[C@H]3C(C)C)c2C)C(C)=C1CC1=C(C)/C(=C\c2[nH]c(C)c(CC(=O)O[C@@H]3C[C@H](C)CC[C@H]3C(C)C)c2C)N=C1C. The molecule has 4 aliphatic rings. The van der Waals surface area contributed by atoms with Crippen LogP contribution >= 0.6 is 0 Å². The van der Waals surface area contributed by atoms with Crippen LogP contribution in [0.1, 0.15) is 159 Å². The Hall–Kier alpha value is -4.20. The zero-order valence-corrected chi connectivity index (χ0v) is 38.7. The van der Waals surface area contributed by atoms with Gasteiger partial charge in [0.05, 0.1) is 24.2 Å². The number of carbonyl (C=O) groups is 2. The molecule has 4 heterocycles. The molecule has 0 amide bonds. The topological polar surface area (TPSA) is 109 Å². The molecule has 0 unspecified atom stereocenters. The van der Waals surface area contributed by atoms with E-state index in [0.717, 1.165) is 111 Å². The predicted molar refractivity (Wildman–Crippen MR) is 243 cm³/mol. The van der Waals surface area contributed by atoms with Crippen molar-refractivity contribution in [1.82, 2.24) is 9.97 Å². The Morgan fingerprint density at radius 1 is 0.627 bits per heavy atom. The molecule has 0 bridgehead atoms. The number of H-pyrrole nitrogens is 2. The van der Waals surface area contributed by atoms with E-state index < -0.39 is 0 Å². The van der Waals surface area contributed by atoms with Gasteiger partial charge in [0.2, 0.25) is 0 Å². The van der Waals surface area contributed by atoms with Gasteiger partial charge >= 0.3 is 11.9 Å². The second kappa shape index (κ2) is 18.2. The highest BCUT2D eigenvalue weighted by Crippen LogP contribution is 2.39. The van der Waals surface area contributed by atoms with E-state index in [4.69, 9.17) is 19.5 Å². The van der Waals surface area contributed by atoms with Crippen molar-refractivity contribution in [2.75, 3.05) is 0 Å². The van der Waals surface area contributed by atoms with Gasteiger partial charge in [0.15, 0.2) is 0 Å². The maximum Gasteiger partial charge on any atom is 0.310 e. The third kappa shape index (κ3) is 9.73. The Bertz CT molecular complexity index is 1990. The molecular formula is C51H72N4O4. The van der Waals surface area contributed by atoms with E-state index in [-0.39, 0.29) is 37.0 Å². The number of aryl methyl sites for hydroxylation is 2. The number of hydrogen-bond donors (Lipinski definition) is 2. The fourth-order valence-electron chi connectivity index (χ4n) is 10.4. The average molecular weight is 805 g/mol. The van der Waals surface area contributed by atoms with Crippen LogP contribution in [0, 0.1) is 63.2 Å². The van der Waals surface area contributed by atoms with Gasteiger partial charge in [-0.2, -0.15) is 0 Å². The molecule has 2 aliphatic heterocycles. The second-order valence-electron chi connectivity index (χ2n) is 19.4. The van der Waals surface area contributed by atoms with Gasteiger partial charge in [0.1, 0.15) is 12.2 Å². The quantitative estimate of drug-likeness (QED) is 0.208. The molecule has 2 aliphatic carbocycles. The number of rotatable bonds is 12. The maximum atomic E-state index is 13.3. The molecular weight excluding hydrogens is 733 g/mol. The zero-order valence-electron chi connectivity index (χ0n) is 38.7. The summed E-state index contributed by atoms with van der Waals surface area (Å²) in [7, 11) is 0. The Morgan fingerprint density at radius 2 is 1.00 bits per heavy atom. The summed E-state index contributed by atoms with van der Waals surface area (Å²) in [5.74, 6) is 2.75. The monoisotopic (exact) mass is 805 g/mol. The van der Waals surface area contributed by atoms with E-state index in [2.05, 4.69) is 105 Å². The van der Waals surface area contributed by atoms with Gasteiger partial charge in [-0.1, -0.05) is 54.4 Å². The smallest absolute Gasteiger partial charge is 0.310 e. The summed E-state index contributed by atoms with van der Waals surface area (Å²) in [5, 5.41) is 0. The van der Waals surface area contributed by atoms with Crippen molar-refractivity contribution in [3.63, 3.8) is 0 Å². The van der Waals surface area contributed by atoms with Crippen LogP contribution in [0.15, 0.2) is 43.7 Å². The van der Waals surface area contributed by atoms with Crippen molar-refractivity contribution in [3.05, 3.63) is 78.7 Å². The molecule has 8 nitrogen and oxygen atoms in total. The van der Waals surface area contributed by atoms with Crippen LogP contribution in [0.5, 0.6) is 0 Å². The van der Waals surface area contributed by atoms with Crippen molar-refractivity contribution < 1.29 is 19.1 Å². The molecule has 2 aromatic heterocycles. The standard InChI is InChI=1S/C51H72N4O4/c1-26(2)38-17-15-28(5)19-48(38)58-50(56)22-42-32(9)46(54-36(42)13)24-44-30(7)40(34(11)52-44)21-41-31(8)45(53-35(41)12)25-47-33(10)43(37(14)55-47)23-51(57)59-49-20-29(6)16-18-39(49)27(3)4/h24-29,38-39,48-49,54-55H,15-23H2,1-14H3/b44-24-,45-25+/t28-,29-,38+,39+,48-,49-/m1/s1. The van der Waals surface area contributed by atoms with Gasteiger partial charge in [-0.05, 0) is 173 Å². The first-order valence-corrected chi connectivity index (χ1v) is 22.5.